The molecule has 2 aromatic rings. The monoisotopic (exact) mass is 364 g/mol. The van der Waals surface area contributed by atoms with Gasteiger partial charge in [0.05, 0.1) is 18.1 Å². The molecule has 0 spiro atoms. The van der Waals surface area contributed by atoms with Crippen molar-refractivity contribution in [2.24, 2.45) is 4.99 Å². The number of hydrogen-bond donors (Lipinski definition) is 2. The first-order chi connectivity index (χ1) is 11.9. The van der Waals surface area contributed by atoms with Gasteiger partial charge < -0.3 is 10.2 Å². The molecule has 0 aliphatic rings. The lowest BCUT2D eigenvalue weighted by atomic mass is 10.3. The Kier molecular flexibility index (Phi) is 6.54. The third kappa shape index (κ3) is 6.20. The normalized spacial score (nSPS) is 12.2. The lowest BCUT2D eigenvalue weighted by Crippen LogP contribution is -2.42. The van der Waals surface area contributed by atoms with E-state index in [2.05, 4.69) is 20.1 Å². The minimum atomic E-state index is -3.18. The fraction of sp³-hybridized carbons (Fsp3) is 0.375. The van der Waals surface area contributed by atoms with Gasteiger partial charge in [0.1, 0.15) is 0 Å². The van der Waals surface area contributed by atoms with Gasteiger partial charge in [-0.3, -0.25) is 4.99 Å². The Labute approximate surface area is 148 Å². The summed E-state index contributed by atoms with van der Waals surface area (Å²) in [6.45, 7) is 1.39. The molecule has 8 nitrogen and oxygen atoms in total. The zero-order valence-corrected chi connectivity index (χ0v) is 15.5. The van der Waals surface area contributed by atoms with Gasteiger partial charge in [0.15, 0.2) is 5.96 Å². The number of nitrogens with zero attached hydrogens (tertiary/aromatic N) is 4. The summed E-state index contributed by atoms with van der Waals surface area (Å²) in [6, 6.07) is 9.90. The second kappa shape index (κ2) is 8.63. The van der Waals surface area contributed by atoms with Gasteiger partial charge in [-0.2, -0.15) is 5.10 Å². The minimum Gasteiger partial charge on any atom is -0.355 e. The van der Waals surface area contributed by atoms with Crippen LogP contribution >= 0.6 is 0 Å². The maximum atomic E-state index is 11.1. The van der Waals surface area contributed by atoms with Gasteiger partial charge in [0, 0.05) is 45.5 Å². The standard InChI is InChI=1S/C16H24N6O2S/c1-17-16(18-9-10-20-25(3,23)24)21(2)12-14-11-19-22(13-14)15-7-5-4-6-8-15/h4-8,11,13,20H,9-10,12H2,1-3H3,(H,17,18). The molecule has 0 bridgehead atoms. The number of guanidine groups is 1. The van der Waals surface area contributed by atoms with E-state index in [9.17, 15) is 8.42 Å². The molecule has 136 valence electrons. The van der Waals surface area contributed by atoms with Gasteiger partial charge in [-0.1, -0.05) is 18.2 Å². The van der Waals surface area contributed by atoms with Gasteiger partial charge in [-0.25, -0.2) is 17.8 Å². The first kappa shape index (κ1) is 18.9. The molecule has 25 heavy (non-hydrogen) atoms. The second-order valence-electron chi connectivity index (χ2n) is 5.63. The molecule has 1 aromatic carbocycles. The van der Waals surface area contributed by atoms with Crippen LogP contribution in [0.4, 0.5) is 0 Å². The van der Waals surface area contributed by atoms with Crippen molar-refractivity contribution >= 4 is 16.0 Å². The molecule has 0 aliphatic carbocycles. The third-order valence-electron chi connectivity index (χ3n) is 3.42. The van der Waals surface area contributed by atoms with Gasteiger partial charge in [0.25, 0.3) is 0 Å². The van der Waals surface area contributed by atoms with Crippen molar-refractivity contribution < 1.29 is 8.42 Å². The summed E-state index contributed by atoms with van der Waals surface area (Å²) in [5, 5.41) is 7.50. The molecule has 9 heteroatoms. The van der Waals surface area contributed by atoms with Crippen LogP contribution in [0.5, 0.6) is 0 Å². The van der Waals surface area contributed by atoms with Crippen molar-refractivity contribution in [3.8, 4) is 5.69 Å². The summed E-state index contributed by atoms with van der Waals surface area (Å²) in [5.41, 5.74) is 2.05. The van der Waals surface area contributed by atoms with E-state index in [1.165, 1.54) is 0 Å². The molecule has 2 N–H and O–H groups in total. The average Bonchev–Trinajstić information content (AvgIpc) is 3.03. The Bertz CT molecular complexity index is 801. The van der Waals surface area contributed by atoms with Crippen molar-refractivity contribution in [1.29, 1.82) is 0 Å². The van der Waals surface area contributed by atoms with Crippen LogP contribution in [0.3, 0.4) is 0 Å². The predicted molar refractivity (Wildman–Crippen MR) is 99.2 cm³/mol. The Hall–Kier alpha value is -2.39. The van der Waals surface area contributed by atoms with Crippen LogP contribution in [0, 0.1) is 0 Å². The Balaban J connectivity index is 1.89. The molecule has 0 saturated heterocycles. The topological polar surface area (TPSA) is 91.6 Å². The Morgan fingerprint density at radius 1 is 1.28 bits per heavy atom. The summed E-state index contributed by atoms with van der Waals surface area (Å²) in [6.07, 6.45) is 4.94. The molecule has 1 heterocycles. The number of hydrogen-bond acceptors (Lipinski definition) is 4. The SMILES string of the molecule is CN=C(NCCNS(C)(=O)=O)N(C)Cc1cnn(-c2ccccc2)c1. The molecular formula is C16H24N6O2S. The number of benzene rings is 1. The maximum Gasteiger partial charge on any atom is 0.208 e. The molecule has 0 aliphatic heterocycles. The fourth-order valence-electron chi connectivity index (χ4n) is 2.31. The molecule has 0 unspecified atom stereocenters. The van der Waals surface area contributed by atoms with E-state index < -0.39 is 10.0 Å². The van der Waals surface area contributed by atoms with E-state index in [-0.39, 0.29) is 0 Å². The zero-order valence-electron chi connectivity index (χ0n) is 14.7. The summed E-state index contributed by atoms with van der Waals surface area (Å²) in [5.74, 6) is 0.683. The summed E-state index contributed by atoms with van der Waals surface area (Å²) >= 11 is 0. The lowest BCUT2D eigenvalue weighted by Gasteiger charge is -2.21. The molecule has 0 amide bonds. The molecule has 0 fully saturated rings. The first-order valence-corrected chi connectivity index (χ1v) is 9.73. The molecule has 2 rings (SSSR count). The van der Waals surface area contributed by atoms with E-state index >= 15 is 0 Å². The van der Waals surface area contributed by atoms with Gasteiger partial charge in [-0.05, 0) is 12.1 Å². The molecule has 0 saturated carbocycles. The summed E-state index contributed by atoms with van der Waals surface area (Å²) in [7, 11) is 0.431. The van der Waals surface area contributed by atoms with Crippen molar-refractivity contribution in [2.45, 2.75) is 6.54 Å². The van der Waals surface area contributed by atoms with Crippen LogP contribution in [0.25, 0.3) is 5.69 Å². The van der Waals surface area contributed by atoms with Gasteiger partial charge >= 0.3 is 0 Å². The van der Waals surface area contributed by atoms with E-state index in [1.807, 2.05) is 59.4 Å². The van der Waals surface area contributed by atoms with Crippen LogP contribution in [0.2, 0.25) is 0 Å². The van der Waals surface area contributed by atoms with Crippen LogP contribution < -0.4 is 10.0 Å². The first-order valence-electron chi connectivity index (χ1n) is 7.84. The maximum absolute atomic E-state index is 11.1. The van der Waals surface area contributed by atoms with Crippen molar-refractivity contribution in [1.82, 2.24) is 24.7 Å². The fourth-order valence-corrected chi connectivity index (χ4v) is 2.78. The van der Waals surface area contributed by atoms with Crippen LogP contribution in [0.1, 0.15) is 5.56 Å². The largest absolute Gasteiger partial charge is 0.355 e. The second-order valence-corrected chi connectivity index (χ2v) is 7.46. The van der Waals surface area contributed by atoms with Crippen LogP contribution in [-0.2, 0) is 16.6 Å². The number of nitrogens with one attached hydrogen (secondary N) is 2. The van der Waals surface area contributed by atoms with Gasteiger partial charge in [-0.15, -0.1) is 0 Å². The molecule has 0 atom stereocenters. The van der Waals surface area contributed by atoms with E-state index in [0.717, 1.165) is 17.5 Å². The number of sulfonamides is 1. The third-order valence-corrected chi connectivity index (χ3v) is 4.15. The highest BCUT2D eigenvalue weighted by Gasteiger charge is 2.09. The quantitative estimate of drug-likeness (QED) is 0.422. The molecule has 1 aromatic heterocycles. The van der Waals surface area contributed by atoms with Gasteiger partial charge in [0.2, 0.25) is 10.0 Å². The van der Waals surface area contributed by atoms with Crippen LogP contribution in [-0.4, -0.2) is 62.5 Å². The number of para-hydroxylation sites is 1. The van der Waals surface area contributed by atoms with Crippen molar-refractivity contribution in [2.75, 3.05) is 33.4 Å². The van der Waals surface area contributed by atoms with Crippen molar-refractivity contribution in [3.63, 3.8) is 0 Å². The average molecular weight is 364 g/mol. The highest BCUT2D eigenvalue weighted by atomic mass is 32.2. The summed E-state index contributed by atoms with van der Waals surface area (Å²) in [4.78, 5) is 6.16. The summed E-state index contributed by atoms with van der Waals surface area (Å²) < 4.78 is 26.4. The Morgan fingerprint density at radius 2 is 2.00 bits per heavy atom. The molecular weight excluding hydrogens is 340 g/mol. The minimum absolute atomic E-state index is 0.303. The lowest BCUT2D eigenvalue weighted by molar-refractivity contribution is 0.477. The number of rotatable bonds is 7. The highest BCUT2D eigenvalue weighted by Crippen LogP contribution is 2.09. The zero-order chi connectivity index (χ0) is 18.3. The predicted octanol–water partition coefficient (Wildman–Crippen LogP) is 0.429. The van der Waals surface area contributed by atoms with E-state index in [4.69, 9.17) is 0 Å². The Morgan fingerprint density at radius 3 is 2.64 bits per heavy atom. The van der Waals surface area contributed by atoms with E-state index in [0.29, 0.717) is 25.6 Å². The van der Waals surface area contributed by atoms with Crippen LogP contribution in [0.15, 0.2) is 47.7 Å². The highest BCUT2D eigenvalue weighted by molar-refractivity contribution is 7.88. The van der Waals surface area contributed by atoms with Crippen molar-refractivity contribution in [3.05, 3.63) is 48.3 Å². The van der Waals surface area contributed by atoms with E-state index in [1.54, 1.807) is 7.05 Å². The smallest absolute Gasteiger partial charge is 0.208 e. The number of aliphatic imine (C=N–C) groups is 1. The molecule has 0 radical (unpaired) electrons. The number of aromatic nitrogens is 2.